The predicted molar refractivity (Wildman–Crippen MR) is 85.3 cm³/mol. The van der Waals surface area contributed by atoms with Crippen molar-refractivity contribution < 1.29 is 9.90 Å². The minimum atomic E-state index is -0.583. The van der Waals surface area contributed by atoms with Crippen LogP contribution in [0.3, 0.4) is 0 Å². The SMILES string of the molecule is CCc1ccc(CNC(=O)[C@@H](N)Cc2ccc(O)cc2)s1. The lowest BCUT2D eigenvalue weighted by Gasteiger charge is -2.12. The smallest absolute Gasteiger partial charge is 0.237 e. The maximum absolute atomic E-state index is 12.0. The van der Waals surface area contributed by atoms with Crippen molar-refractivity contribution >= 4 is 17.2 Å². The van der Waals surface area contributed by atoms with E-state index in [0.717, 1.165) is 16.9 Å². The number of benzene rings is 1. The van der Waals surface area contributed by atoms with Gasteiger partial charge in [-0.1, -0.05) is 19.1 Å². The van der Waals surface area contributed by atoms with Crippen molar-refractivity contribution in [3.63, 3.8) is 0 Å². The summed E-state index contributed by atoms with van der Waals surface area (Å²) < 4.78 is 0. The Labute approximate surface area is 128 Å². The van der Waals surface area contributed by atoms with E-state index < -0.39 is 6.04 Å². The number of hydrogen-bond donors (Lipinski definition) is 3. The van der Waals surface area contributed by atoms with Gasteiger partial charge in [-0.15, -0.1) is 11.3 Å². The second-order valence-electron chi connectivity index (χ2n) is 4.92. The number of nitrogens with two attached hydrogens (primary N) is 1. The number of aromatic hydroxyl groups is 1. The molecular weight excluding hydrogens is 284 g/mol. The van der Waals surface area contributed by atoms with Crippen LogP contribution >= 0.6 is 11.3 Å². The molecule has 2 rings (SSSR count). The molecule has 112 valence electrons. The van der Waals surface area contributed by atoms with E-state index in [-0.39, 0.29) is 11.7 Å². The number of aryl methyl sites for hydroxylation is 1. The van der Waals surface area contributed by atoms with E-state index in [4.69, 9.17) is 5.73 Å². The van der Waals surface area contributed by atoms with E-state index in [1.807, 2.05) is 6.07 Å². The zero-order valence-electron chi connectivity index (χ0n) is 12.0. The molecule has 4 nitrogen and oxygen atoms in total. The van der Waals surface area contributed by atoms with E-state index in [0.29, 0.717) is 13.0 Å². The van der Waals surface area contributed by atoms with Crippen LogP contribution in [0, 0.1) is 0 Å². The van der Waals surface area contributed by atoms with Gasteiger partial charge in [-0.2, -0.15) is 0 Å². The summed E-state index contributed by atoms with van der Waals surface area (Å²) in [5, 5.41) is 12.1. The molecule has 1 atom stereocenters. The zero-order chi connectivity index (χ0) is 15.2. The number of amides is 1. The van der Waals surface area contributed by atoms with Gasteiger partial charge in [0.15, 0.2) is 0 Å². The van der Waals surface area contributed by atoms with Crippen LogP contribution in [0.4, 0.5) is 0 Å². The average molecular weight is 304 g/mol. The van der Waals surface area contributed by atoms with Crippen LogP contribution in [0.15, 0.2) is 36.4 Å². The first-order chi connectivity index (χ1) is 10.1. The lowest BCUT2D eigenvalue weighted by molar-refractivity contribution is -0.122. The molecule has 0 aliphatic carbocycles. The first kappa shape index (κ1) is 15.5. The summed E-state index contributed by atoms with van der Waals surface area (Å²) in [4.78, 5) is 14.4. The Kier molecular flexibility index (Phi) is 5.36. The molecule has 1 heterocycles. The molecule has 0 unspecified atom stereocenters. The molecule has 5 heteroatoms. The fourth-order valence-electron chi connectivity index (χ4n) is 1.99. The minimum absolute atomic E-state index is 0.158. The van der Waals surface area contributed by atoms with Gasteiger partial charge in [0, 0.05) is 9.75 Å². The lowest BCUT2D eigenvalue weighted by atomic mass is 10.1. The van der Waals surface area contributed by atoms with Crippen LogP contribution in [0.5, 0.6) is 5.75 Å². The van der Waals surface area contributed by atoms with Crippen molar-refractivity contribution in [3.05, 3.63) is 51.7 Å². The van der Waals surface area contributed by atoms with E-state index in [1.165, 1.54) is 4.88 Å². The third-order valence-corrected chi connectivity index (χ3v) is 4.46. The number of carbonyl (C=O) groups excluding carboxylic acids is 1. The molecule has 4 N–H and O–H groups in total. The molecule has 0 spiro atoms. The second-order valence-corrected chi connectivity index (χ2v) is 6.17. The molecular formula is C16H20N2O2S. The molecule has 1 aromatic heterocycles. The molecule has 0 saturated carbocycles. The van der Waals surface area contributed by atoms with Gasteiger partial charge in [0.1, 0.15) is 5.75 Å². The summed E-state index contributed by atoms with van der Waals surface area (Å²) in [6.07, 6.45) is 1.47. The Balaban J connectivity index is 1.83. The number of phenolic OH excluding ortho intramolecular Hbond substituents is 1. The van der Waals surface area contributed by atoms with Crippen molar-refractivity contribution in [2.24, 2.45) is 5.73 Å². The highest BCUT2D eigenvalue weighted by Crippen LogP contribution is 2.16. The van der Waals surface area contributed by atoms with E-state index in [2.05, 4.69) is 18.3 Å². The first-order valence-corrected chi connectivity index (χ1v) is 7.79. The fourth-order valence-corrected chi connectivity index (χ4v) is 2.89. The van der Waals surface area contributed by atoms with Gasteiger partial charge in [0.25, 0.3) is 0 Å². The van der Waals surface area contributed by atoms with Gasteiger partial charge in [-0.05, 0) is 42.7 Å². The van der Waals surface area contributed by atoms with Crippen LogP contribution in [-0.2, 0) is 24.2 Å². The molecule has 0 aliphatic heterocycles. The van der Waals surface area contributed by atoms with Crippen LogP contribution < -0.4 is 11.1 Å². The number of thiophene rings is 1. The van der Waals surface area contributed by atoms with E-state index >= 15 is 0 Å². The highest BCUT2D eigenvalue weighted by atomic mass is 32.1. The monoisotopic (exact) mass is 304 g/mol. The number of phenols is 1. The topological polar surface area (TPSA) is 75.4 Å². The van der Waals surface area contributed by atoms with Crippen LogP contribution in [0.25, 0.3) is 0 Å². The van der Waals surface area contributed by atoms with Crippen molar-refractivity contribution in [2.75, 3.05) is 0 Å². The molecule has 0 radical (unpaired) electrons. The van der Waals surface area contributed by atoms with Crippen molar-refractivity contribution in [1.29, 1.82) is 0 Å². The van der Waals surface area contributed by atoms with Gasteiger partial charge >= 0.3 is 0 Å². The van der Waals surface area contributed by atoms with Gasteiger partial charge < -0.3 is 16.2 Å². The van der Waals surface area contributed by atoms with Gasteiger partial charge in [0.2, 0.25) is 5.91 Å². The van der Waals surface area contributed by atoms with Crippen LogP contribution in [-0.4, -0.2) is 17.1 Å². The number of hydrogen-bond acceptors (Lipinski definition) is 4. The number of rotatable bonds is 6. The van der Waals surface area contributed by atoms with E-state index in [1.54, 1.807) is 35.6 Å². The second kappa shape index (κ2) is 7.24. The van der Waals surface area contributed by atoms with Crippen molar-refractivity contribution in [1.82, 2.24) is 5.32 Å². The maximum atomic E-state index is 12.0. The lowest BCUT2D eigenvalue weighted by Crippen LogP contribution is -2.41. The quantitative estimate of drug-likeness (QED) is 0.766. The third kappa shape index (κ3) is 4.58. The van der Waals surface area contributed by atoms with Gasteiger partial charge in [-0.25, -0.2) is 0 Å². The first-order valence-electron chi connectivity index (χ1n) is 6.97. The minimum Gasteiger partial charge on any atom is -0.508 e. The third-order valence-electron chi connectivity index (χ3n) is 3.23. The molecule has 21 heavy (non-hydrogen) atoms. The standard InChI is InChI=1S/C16H20N2O2S/c1-2-13-7-8-14(21-13)10-18-16(20)15(17)9-11-3-5-12(19)6-4-11/h3-8,15,19H,2,9-10,17H2,1H3,(H,18,20)/t15-/m0/s1. The molecule has 2 aromatic rings. The van der Waals surface area contributed by atoms with Crippen LogP contribution in [0.1, 0.15) is 22.2 Å². The molecule has 1 aromatic carbocycles. The summed E-state index contributed by atoms with van der Waals surface area (Å²) in [5.41, 5.74) is 6.84. The Morgan fingerprint density at radius 3 is 2.52 bits per heavy atom. The maximum Gasteiger partial charge on any atom is 0.237 e. The Morgan fingerprint density at radius 2 is 1.90 bits per heavy atom. The molecule has 0 fully saturated rings. The number of nitrogens with one attached hydrogen (secondary N) is 1. The largest absolute Gasteiger partial charge is 0.508 e. The van der Waals surface area contributed by atoms with Crippen molar-refractivity contribution in [2.45, 2.75) is 32.4 Å². The molecule has 0 bridgehead atoms. The molecule has 1 amide bonds. The summed E-state index contributed by atoms with van der Waals surface area (Å²) >= 11 is 1.71. The molecule has 0 aliphatic rings. The van der Waals surface area contributed by atoms with Crippen molar-refractivity contribution in [3.8, 4) is 5.75 Å². The Morgan fingerprint density at radius 1 is 1.24 bits per heavy atom. The Hall–Kier alpha value is -1.85. The normalized spacial score (nSPS) is 12.1. The van der Waals surface area contributed by atoms with Gasteiger partial charge in [-0.3, -0.25) is 4.79 Å². The molecule has 0 saturated heterocycles. The average Bonchev–Trinajstić information content (AvgIpc) is 2.95. The number of carbonyl (C=O) groups is 1. The summed E-state index contributed by atoms with van der Waals surface area (Å²) in [6, 6.07) is 10.3. The summed E-state index contributed by atoms with van der Waals surface area (Å²) in [5.74, 6) is 0.0516. The highest BCUT2D eigenvalue weighted by Gasteiger charge is 2.14. The van der Waals surface area contributed by atoms with E-state index in [9.17, 15) is 9.90 Å². The van der Waals surface area contributed by atoms with Gasteiger partial charge in [0.05, 0.1) is 12.6 Å². The zero-order valence-corrected chi connectivity index (χ0v) is 12.8. The summed E-state index contributed by atoms with van der Waals surface area (Å²) in [7, 11) is 0. The Bertz CT molecular complexity index is 593. The fraction of sp³-hybridized carbons (Fsp3) is 0.312. The van der Waals surface area contributed by atoms with Crippen LogP contribution in [0.2, 0.25) is 0 Å². The summed E-state index contributed by atoms with van der Waals surface area (Å²) in [6.45, 7) is 2.63. The highest BCUT2D eigenvalue weighted by molar-refractivity contribution is 7.11. The predicted octanol–water partition coefficient (Wildman–Crippen LogP) is 2.20.